The van der Waals surface area contributed by atoms with E-state index in [2.05, 4.69) is 34.6 Å². The molecule has 7 heteroatoms. The number of rotatable bonds is 9. The van der Waals surface area contributed by atoms with Crippen LogP contribution in [0.3, 0.4) is 0 Å². The Morgan fingerprint density at radius 2 is 1.62 bits per heavy atom. The van der Waals surface area contributed by atoms with Crippen molar-refractivity contribution in [2.24, 2.45) is 5.92 Å². The molecular formula is C27H28N2O5. The summed E-state index contributed by atoms with van der Waals surface area (Å²) in [6.45, 7) is 1.75. The number of hydrogen-bond acceptors (Lipinski definition) is 4. The summed E-state index contributed by atoms with van der Waals surface area (Å²) in [7, 11) is 0. The molecule has 4 rings (SSSR count). The second-order valence-electron chi connectivity index (χ2n) is 8.73. The van der Waals surface area contributed by atoms with Crippen molar-refractivity contribution in [3.05, 3.63) is 59.7 Å². The van der Waals surface area contributed by atoms with E-state index in [4.69, 9.17) is 4.74 Å². The third kappa shape index (κ3) is 5.40. The molecule has 2 aliphatic carbocycles. The fourth-order valence-electron chi connectivity index (χ4n) is 4.38. The zero-order valence-electron chi connectivity index (χ0n) is 19.0. The quantitative estimate of drug-likeness (QED) is 0.495. The summed E-state index contributed by atoms with van der Waals surface area (Å²) in [5.41, 5.74) is 4.43. The van der Waals surface area contributed by atoms with E-state index < -0.39 is 30.1 Å². The van der Waals surface area contributed by atoms with Gasteiger partial charge in [-0.15, -0.1) is 11.8 Å². The number of carboxylic acid groups (broad SMARTS) is 1. The van der Waals surface area contributed by atoms with E-state index in [9.17, 15) is 19.5 Å². The standard InChI is InChI=1S/C27H28N2O5/c1-2-3-12-23(25(30)28-24(26(31)32)15-17-13-14-17)29-27(33)34-16-22-20-10-6-4-8-18(20)19-9-5-7-11-21(19)22/h4-11,17,22-24H,12-16H2,1H3,(H,28,30)(H,29,33)(H,31,32). The molecule has 0 bridgehead atoms. The Bertz CT molecular complexity index is 1100. The molecule has 3 N–H and O–H groups in total. The van der Waals surface area contributed by atoms with Crippen molar-refractivity contribution in [2.45, 2.75) is 50.6 Å². The monoisotopic (exact) mass is 460 g/mol. The average Bonchev–Trinajstić information content (AvgIpc) is 3.60. The van der Waals surface area contributed by atoms with Crippen molar-refractivity contribution in [2.75, 3.05) is 6.61 Å². The number of aliphatic carboxylic acids is 1. The molecule has 2 unspecified atom stereocenters. The third-order valence-corrected chi connectivity index (χ3v) is 6.32. The summed E-state index contributed by atoms with van der Waals surface area (Å²) in [5, 5.41) is 14.6. The predicted octanol–water partition coefficient (Wildman–Crippen LogP) is 3.68. The molecule has 2 amide bonds. The van der Waals surface area contributed by atoms with Gasteiger partial charge in [-0.1, -0.05) is 61.4 Å². The van der Waals surface area contributed by atoms with E-state index in [-0.39, 0.29) is 18.9 Å². The molecule has 0 spiro atoms. The Hall–Kier alpha value is -3.79. The molecule has 176 valence electrons. The highest BCUT2D eigenvalue weighted by Gasteiger charge is 2.33. The van der Waals surface area contributed by atoms with Crippen LogP contribution in [-0.2, 0) is 14.3 Å². The predicted molar refractivity (Wildman–Crippen MR) is 127 cm³/mol. The Morgan fingerprint density at radius 3 is 2.18 bits per heavy atom. The van der Waals surface area contributed by atoms with Gasteiger partial charge in [0, 0.05) is 12.3 Å². The summed E-state index contributed by atoms with van der Waals surface area (Å²) < 4.78 is 5.53. The number of benzene rings is 2. The molecule has 2 aliphatic rings. The first-order valence-electron chi connectivity index (χ1n) is 11.5. The summed E-state index contributed by atoms with van der Waals surface area (Å²) in [4.78, 5) is 37.0. The van der Waals surface area contributed by atoms with Crippen LogP contribution < -0.4 is 10.6 Å². The minimum atomic E-state index is -1.08. The van der Waals surface area contributed by atoms with E-state index in [0.29, 0.717) is 12.3 Å². The minimum absolute atomic E-state index is 0.0578. The first kappa shape index (κ1) is 23.4. The van der Waals surface area contributed by atoms with Crippen LogP contribution in [0.1, 0.15) is 49.7 Å². The topological polar surface area (TPSA) is 105 Å². The highest BCUT2D eigenvalue weighted by atomic mass is 16.5. The molecule has 0 heterocycles. The Labute approximate surface area is 198 Å². The Morgan fingerprint density at radius 1 is 1.00 bits per heavy atom. The van der Waals surface area contributed by atoms with Crippen molar-refractivity contribution < 1.29 is 24.2 Å². The number of nitrogens with one attached hydrogen (secondary N) is 2. The van der Waals surface area contributed by atoms with E-state index in [1.807, 2.05) is 36.4 Å². The molecule has 0 aliphatic heterocycles. The highest BCUT2D eigenvalue weighted by Crippen LogP contribution is 2.44. The van der Waals surface area contributed by atoms with Crippen molar-refractivity contribution in [1.82, 2.24) is 10.6 Å². The van der Waals surface area contributed by atoms with Gasteiger partial charge in [-0.2, -0.15) is 0 Å². The summed E-state index contributed by atoms with van der Waals surface area (Å²) in [6.07, 6.45) is 1.65. The van der Waals surface area contributed by atoms with Gasteiger partial charge in [-0.05, 0) is 41.5 Å². The van der Waals surface area contributed by atoms with Gasteiger partial charge in [0.2, 0.25) is 5.91 Å². The Kier molecular flexibility index (Phi) is 7.17. The van der Waals surface area contributed by atoms with Gasteiger partial charge in [-0.25, -0.2) is 9.59 Å². The lowest BCUT2D eigenvalue weighted by Crippen LogP contribution is -2.51. The first-order valence-corrected chi connectivity index (χ1v) is 11.5. The van der Waals surface area contributed by atoms with Gasteiger partial charge < -0.3 is 20.5 Å². The van der Waals surface area contributed by atoms with Gasteiger partial charge in [0.15, 0.2) is 0 Å². The average molecular weight is 461 g/mol. The maximum Gasteiger partial charge on any atom is 0.407 e. The smallest absolute Gasteiger partial charge is 0.407 e. The second kappa shape index (κ2) is 10.4. The molecule has 2 atom stereocenters. The van der Waals surface area contributed by atoms with Crippen LogP contribution >= 0.6 is 0 Å². The molecule has 2 aromatic carbocycles. The van der Waals surface area contributed by atoms with Crippen LogP contribution in [0.2, 0.25) is 0 Å². The number of carboxylic acids is 1. The highest BCUT2D eigenvalue weighted by molar-refractivity contribution is 5.89. The van der Waals surface area contributed by atoms with E-state index >= 15 is 0 Å². The molecule has 1 saturated carbocycles. The molecule has 1 fully saturated rings. The lowest BCUT2D eigenvalue weighted by Gasteiger charge is -2.21. The minimum Gasteiger partial charge on any atom is -0.480 e. The first-order chi connectivity index (χ1) is 16.5. The molecule has 0 radical (unpaired) electrons. The molecule has 2 aromatic rings. The molecule has 0 aromatic heterocycles. The van der Waals surface area contributed by atoms with Crippen LogP contribution in [0.15, 0.2) is 48.5 Å². The van der Waals surface area contributed by atoms with Crippen LogP contribution in [0.5, 0.6) is 0 Å². The number of amides is 2. The maximum absolute atomic E-state index is 12.8. The molecular weight excluding hydrogens is 432 g/mol. The summed E-state index contributed by atoms with van der Waals surface area (Å²) >= 11 is 0. The second-order valence-corrected chi connectivity index (χ2v) is 8.73. The summed E-state index contributed by atoms with van der Waals surface area (Å²) in [5.74, 6) is 4.05. The van der Waals surface area contributed by atoms with Gasteiger partial charge in [0.05, 0.1) is 0 Å². The zero-order valence-corrected chi connectivity index (χ0v) is 19.0. The third-order valence-electron chi connectivity index (χ3n) is 6.32. The number of carbonyl (C=O) groups is 3. The van der Waals surface area contributed by atoms with E-state index in [1.54, 1.807) is 6.92 Å². The normalized spacial score (nSPS) is 15.7. The van der Waals surface area contributed by atoms with Crippen molar-refractivity contribution in [3.63, 3.8) is 0 Å². The number of carbonyl (C=O) groups excluding carboxylic acids is 2. The maximum atomic E-state index is 12.8. The zero-order chi connectivity index (χ0) is 24.1. The van der Waals surface area contributed by atoms with Gasteiger partial charge >= 0.3 is 12.1 Å². The summed E-state index contributed by atoms with van der Waals surface area (Å²) in [6, 6.07) is 14.1. The largest absolute Gasteiger partial charge is 0.480 e. The van der Waals surface area contributed by atoms with Crippen molar-refractivity contribution >= 4 is 18.0 Å². The Balaban J connectivity index is 1.40. The molecule has 7 nitrogen and oxygen atoms in total. The van der Waals surface area contributed by atoms with Crippen LogP contribution in [0.25, 0.3) is 11.1 Å². The van der Waals surface area contributed by atoms with Crippen molar-refractivity contribution in [1.29, 1.82) is 0 Å². The fourth-order valence-corrected chi connectivity index (χ4v) is 4.38. The fraction of sp³-hybridized carbons (Fsp3) is 0.370. The van der Waals surface area contributed by atoms with Crippen molar-refractivity contribution in [3.8, 4) is 23.0 Å². The number of alkyl carbamates (subject to hydrolysis) is 1. The SMILES string of the molecule is CC#CCC(NC(=O)OCC1c2ccccc2-c2ccccc21)C(=O)NC(CC1CC1)C(=O)O. The number of ether oxygens (including phenoxy) is 1. The van der Waals surface area contributed by atoms with E-state index in [1.165, 1.54) is 0 Å². The van der Waals surface area contributed by atoms with Crippen LogP contribution in [-0.4, -0.2) is 41.8 Å². The van der Waals surface area contributed by atoms with Gasteiger partial charge in [0.1, 0.15) is 18.7 Å². The lowest BCUT2D eigenvalue weighted by atomic mass is 9.98. The number of hydrogen-bond donors (Lipinski definition) is 3. The van der Waals surface area contributed by atoms with E-state index in [0.717, 1.165) is 35.1 Å². The lowest BCUT2D eigenvalue weighted by molar-refractivity contribution is -0.142. The van der Waals surface area contributed by atoms with Crippen LogP contribution in [0.4, 0.5) is 4.79 Å². The van der Waals surface area contributed by atoms with Gasteiger partial charge in [0.25, 0.3) is 0 Å². The van der Waals surface area contributed by atoms with Crippen LogP contribution in [0, 0.1) is 17.8 Å². The van der Waals surface area contributed by atoms with Gasteiger partial charge in [-0.3, -0.25) is 4.79 Å². The molecule has 34 heavy (non-hydrogen) atoms. The number of fused-ring (bicyclic) bond motifs is 3. The molecule has 0 saturated heterocycles.